The SMILES string of the molecule is CC(CCC(=O)O)NC(=O)C1(c2ccccc2F)CCCC1. The molecule has 1 aliphatic carbocycles. The van der Waals surface area contributed by atoms with Crippen molar-refractivity contribution in [2.24, 2.45) is 0 Å². The molecule has 2 rings (SSSR count). The van der Waals surface area contributed by atoms with Crippen LogP contribution in [0.5, 0.6) is 0 Å². The van der Waals surface area contributed by atoms with Gasteiger partial charge in [-0.1, -0.05) is 31.0 Å². The summed E-state index contributed by atoms with van der Waals surface area (Å²) in [4.78, 5) is 23.4. The van der Waals surface area contributed by atoms with Gasteiger partial charge in [-0.2, -0.15) is 0 Å². The predicted molar refractivity (Wildman–Crippen MR) is 81.0 cm³/mol. The third-order valence-electron chi connectivity index (χ3n) is 4.45. The molecule has 1 amide bonds. The number of carboxylic acid groups (broad SMARTS) is 1. The number of carbonyl (C=O) groups excluding carboxylic acids is 1. The standard InChI is InChI=1S/C17H22FNO3/c1-12(8-9-15(20)21)19-16(22)17(10-4-5-11-17)13-6-2-3-7-14(13)18/h2-3,6-7,12H,4-5,8-11H2,1H3,(H,19,22)(H,20,21). The van der Waals surface area contributed by atoms with Gasteiger partial charge in [-0.05, 0) is 32.3 Å². The van der Waals surface area contributed by atoms with E-state index < -0.39 is 11.4 Å². The fourth-order valence-electron chi connectivity index (χ4n) is 3.22. The highest BCUT2D eigenvalue weighted by atomic mass is 19.1. The molecule has 1 saturated carbocycles. The lowest BCUT2D eigenvalue weighted by Crippen LogP contribution is -2.46. The topological polar surface area (TPSA) is 66.4 Å². The number of carboxylic acids is 1. The molecule has 1 aromatic carbocycles. The fourth-order valence-corrected chi connectivity index (χ4v) is 3.22. The number of amides is 1. The Hall–Kier alpha value is -1.91. The van der Waals surface area contributed by atoms with Crippen molar-refractivity contribution in [1.29, 1.82) is 0 Å². The fraction of sp³-hybridized carbons (Fsp3) is 0.529. The molecule has 0 spiro atoms. The molecule has 0 bridgehead atoms. The predicted octanol–water partition coefficient (Wildman–Crippen LogP) is 3.01. The van der Waals surface area contributed by atoms with Gasteiger partial charge in [0, 0.05) is 18.0 Å². The summed E-state index contributed by atoms with van der Waals surface area (Å²) in [6.07, 6.45) is 3.43. The number of hydrogen-bond acceptors (Lipinski definition) is 2. The Bertz CT molecular complexity index is 553. The molecule has 0 aliphatic heterocycles. The second-order valence-corrected chi connectivity index (χ2v) is 6.08. The van der Waals surface area contributed by atoms with Crippen molar-refractivity contribution >= 4 is 11.9 Å². The summed E-state index contributed by atoms with van der Waals surface area (Å²) in [5, 5.41) is 11.6. The number of halogens is 1. The Kier molecular flexibility index (Phi) is 5.16. The average Bonchev–Trinajstić information content (AvgIpc) is 2.96. The second kappa shape index (κ2) is 6.90. The zero-order valence-electron chi connectivity index (χ0n) is 12.8. The zero-order valence-corrected chi connectivity index (χ0v) is 12.8. The summed E-state index contributed by atoms with van der Waals surface area (Å²) in [5.74, 6) is -1.42. The van der Waals surface area contributed by atoms with Crippen LogP contribution in [0.3, 0.4) is 0 Å². The summed E-state index contributed by atoms with van der Waals surface area (Å²) < 4.78 is 14.2. The molecule has 5 heteroatoms. The van der Waals surface area contributed by atoms with Crippen LogP contribution in [0.4, 0.5) is 4.39 Å². The lowest BCUT2D eigenvalue weighted by atomic mass is 9.77. The van der Waals surface area contributed by atoms with E-state index in [4.69, 9.17) is 5.11 Å². The monoisotopic (exact) mass is 307 g/mol. The molecule has 1 atom stereocenters. The van der Waals surface area contributed by atoms with Crippen molar-refractivity contribution in [2.75, 3.05) is 0 Å². The lowest BCUT2D eigenvalue weighted by molar-refractivity contribution is -0.137. The number of benzene rings is 1. The molecule has 0 heterocycles. The van der Waals surface area contributed by atoms with Gasteiger partial charge >= 0.3 is 5.97 Å². The zero-order chi connectivity index (χ0) is 16.2. The van der Waals surface area contributed by atoms with Gasteiger partial charge in [0.05, 0.1) is 5.41 Å². The Morgan fingerprint density at radius 1 is 1.32 bits per heavy atom. The van der Waals surface area contributed by atoms with Crippen LogP contribution >= 0.6 is 0 Å². The second-order valence-electron chi connectivity index (χ2n) is 6.08. The Labute approximate surface area is 129 Å². The smallest absolute Gasteiger partial charge is 0.303 e. The molecule has 0 radical (unpaired) electrons. The quantitative estimate of drug-likeness (QED) is 0.849. The average molecular weight is 307 g/mol. The molecular formula is C17H22FNO3. The maximum absolute atomic E-state index is 14.2. The summed E-state index contributed by atoms with van der Waals surface area (Å²) in [7, 11) is 0. The van der Waals surface area contributed by atoms with E-state index in [-0.39, 0.29) is 24.2 Å². The summed E-state index contributed by atoms with van der Waals surface area (Å²) in [6, 6.07) is 6.19. The molecular weight excluding hydrogens is 285 g/mol. The Morgan fingerprint density at radius 3 is 2.55 bits per heavy atom. The molecule has 1 aliphatic rings. The first-order chi connectivity index (χ1) is 10.5. The molecule has 2 N–H and O–H groups in total. The number of hydrogen-bond donors (Lipinski definition) is 2. The lowest BCUT2D eigenvalue weighted by Gasteiger charge is -2.30. The normalized spacial score (nSPS) is 17.9. The molecule has 1 unspecified atom stereocenters. The van der Waals surface area contributed by atoms with Crippen molar-refractivity contribution in [3.8, 4) is 0 Å². The Balaban J connectivity index is 2.16. The van der Waals surface area contributed by atoms with E-state index in [0.717, 1.165) is 12.8 Å². The van der Waals surface area contributed by atoms with Crippen molar-refractivity contribution < 1.29 is 19.1 Å². The molecule has 0 saturated heterocycles. The van der Waals surface area contributed by atoms with Crippen LogP contribution < -0.4 is 5.32 Å². The van der Waals surface area contributed by atoms with Crippen LogP contribution in [0.1, 0.15) is 51.0 Å². The van der Waals surface area contributed by atoms with E-state index in [1.54, 1.807) is 25.1 Å². The van der Waals surface area contributed by atoms with E-state index >= 15 is 0 Å². The number of aliphatic carboxylic acids is 1. The highest BCUT2D eigenvalue weighted by molar-refractivity contribution is 5.89. The first kappa shape index (κ1) is 16.5. The maximum atomic E-state index is 14.2. The third kappa shape index (κ3) is 3.46. The van der Waals surface area contributed by atoms with Crippen LogP contribution in [0.25, 0.3) is 0 Å². The van der Waals surface area contributed by atoms with Crippen LogP contribution in [-0.4, -0.2) is 23.0 Å². The summed E-state index contributed by atoms with van der Waals surface area (Å²) in [5.41, 5.74) is -0.363. The number of nitrogens with one attached hydrogen (secondary N) is 1. The van der Waals surface area contributed by atoms with Gasteiger partial charge in [0.25, 0.3) is 0 Å². The molecule has 22 heavy (non-hydrogen) atoms. The van der Waals surface area contributed by atoms with E-state index in [0.29, 0.717) is 24.8 Å². The number of carbonyl (C=O) groups is 2. The molecule has 1 fully saturated rings. The first-order valence-electron chi connectivity index (χ1n) is 7.73. The van der Waals surface area contributed by atoms with Gasteiger partial charge in [-0.15, -0.1) is 0 Å². The molecule has 120 valence electrons. The van der Waals surface area contributed by atoms with Crippen LogP contribution in [0.15, 0.2) is 24.3 Å². The van der Waals surface area contributed by atoms with Crippen molar-refractivity contribution in [2.45, 2.75) is 56.9 Å². The first-order valence-corrected chi connectivity index (χ1v) is 7.73. The van der Waals surface area contributed by atoms with E-state index in [2.05, 4.69) is 5.32 Å². The minimum Gasteiger partial charge on any atom is -0.481 e. The van der Waals surface area contributed by atoms with Crippen molar-refractivity contribution in [3.05, 3.63) is 35.6 Å². The summed E-state index contributed by atoms with van der Waals surface area (Å²) in [6.45, 7) is 1.78. The minimum absolute atomic E-state index is 0.00808. The van der Waals surface area contributed by atoms with Crippen molar-refractivity contribution in [1.82, 2.24) is 5.32 Å². The van der Waals surface area contributed by atoms with Crippen molar-refractivity contribution in [3.63, 3.8) is 0 Å². The largest absolute Gasteiger partial charge is 0.481 e. The molecule has 1 aromatic rings. The highest BCUT2D eigenvalue weighted by Crippen LogP contribution is 2.42. The van der Waals surface area contributed by atoms with E-state index in [1.807, 2.05) is 0 Å². The van der Waals surface area contributed by atoms with E-state index in [1.165, 1.54) is 6.07 Å². The van der Waals surface area contributed by atoms with Gasteiger partial charge in [-0.3, -0.25) is 9.59 Å². The van der Waals surface area contributed by atoms with Gasteiger partial charge in [0.1, 0.15) is 5.82 Å². The molecule has 4 nitrogen and oxygen atoms in total. The molecule has 0 aromatic heterocycles. The van der Waals surface area contributed by atoms with Crippen LogP contribution in [-0.2, 0) is 15.0 Å². The number of rotatable bonds is 6. The van der Waals surface area contributed by atoms with Crippen LogP contribution in [0, 0.1) is 5.82 Å². The minimum atomic E-state index is -0.884. The highest BCUT2D eigenvalue weighted by Gasteiger charge is 2.44. The maximum Gasteiger partial charge on any atom is 0.303 e. The van der Waals surface area contributed by atoms with Crippen LogP contribution in [0.2, 0.25) is 0 Å². The van der Waals surface area contributed by atoms with E-state index in [9.17, 15) is 14.0 Å². The Morgan fingerprint density at radius 2 is 1.95 bits per heavy atom. The van der Waals surface area contributed by atoms with Gasteiger partial charge in [0.2, 0.25) is 5.91 Å². The van der Waals surface area contributed by atoms with Gasteiger partial charge < -0.3 is 10.4 Å². The third-order valence-corrected chi connectivity index (χ3v) is 4.45. The van der Waals surface area contributed by atoms with Gasteiger partial charge in [0.15, 0.2) is 0 Å². The summed E-state index contributed by atoms with van der Waals surface area (Å²) >= 11 is 0. The van der Waals surface area contributed by atoms with Gasteiger partial charge in [-0.25, -0.2) is 4.39 Å².